The summed E-state index contributed by atoms with van der Waals surface area (Å²) in [6.07, 6.45) is 1.12. The van der Waals surface area contributed by atoms with Gasteiger partial charge in [0.1, 0.15) is 0 Å². The fourth-order valence-electron chi connectivity index (χ4n) is 2.98. The number of hydrogen-bond acceptors (Lipinski definition) is 2. The van der Waals surface area contributed by atoms with E-state index in [0.29, 0.717) is 5.02 Å². The van der Waals surface area contributed by atoms with Crippen LogP contribution < -0.4 is 5.32 Å². The summed E-state index contributed by atoms with van der Waals surface area (Å²) < 4.78 is 0. The molecule has 4 nitrogen and oxygen atoms in total. The van der Waals surface area contributed by atoms with Crippen LogP contribution in [0.15, 0.2) is 66.7 Å². The van der Waals surface area contributed by atoms with E-state index in [1.807, 2.05) is 24.3 Å². The number of aryl methyl sites for hydroxylation is 1. The van der Waals surface area contributed by atoms with Gasteiger partial charge >= 0.3 is 5.97 Å². The standard InChI is InChI=1S/C23H20ClNO3/c1-2-15-6-8-17(9-7-15)18-5-3-4-16(12-18)13-22(26)25-21-14-19(24)10-11-20(21)23(27)28/h3-12,14H,2,13H2,1H3,(H,25,26)(H,27,28). The molecule has 1 amide bonds. The molecule has 5 heteroatoms. The van der Waals surface area contributed by atoms with Crippen molar-refractivity contribution in [1.29, 1.82) is 0 Å². The highest BCUT2D eigenvalue weighted by atomic mass is 35.5. The maximum atomic E-state index is 12.5. The van der Waals surface area contributed by atoms with Crippen molar-refractivity contribution in [3.05, 3.63) is 88.4 Å². The molecule has 0 heterocycles. The molecule has 0 fully saturated rings. The molecule has 0 aliphatic rings. The number of benzene rings is 3. The summed E-state index contributed by atoms with van der Waals surface area (Å²) in [6, 6.07) is 20.4. The van der Waals surface area contributed by atoms with E-state index in [1.54, 1.807) is 0 Å². The first kappa shape index (κ1) is 19.6. The Labute approximate surface area is 168 Å². The molecule has 0 saturated heterocycles. The molecule has 28 heavy (non-hydrogen) atoms. The van der Waals surface area contributed by atoms with Crippen LogP contribution in [0.2, 0.25) is 5.02 Å². The number of carboxylic acids is 1. The van der Waals surface area contributed by atoms with Crippen molar-refractivity contribution < 1.29 is 14.7 Å². The zero-order chi connectivity index (χ0) is 20.1. The zero-order valence-electron chi connectivity index (χ0n) is 15.4. The molecule has 0 bridgehead atoms. The minimum absolute atomic E-state index is 0.00233. The van der Waals surface area contributed by atoms with Gasteiger partial charge in [0, 0.05) is 5.02 Å². The maximum absolute atomic E-state index is 12.5. The summed E-state index contributed by atoms with van der Waals surface area (Å²) in [5.41, 5.74) is 4.42. The van der Waals surface area contributed by atoms with E-state index in [1.165, 1.54) is 23.8 Å². The number of amides is 1. The minimum Gasteiger partial charge on any atom is -0.478 e. The van der Waals surface area contributed by atoms with Gasteiger partial charge in [-0.2, -0.15) is 0 Å². The van der Waals surface area contributed by atoms with Gasteiger partial charge < -0.3 is 10.4 Å². The fourth-order valence-corrected chi connectivity index (χ4v) is 3.15. The molecule has 2 N–H and O–H groups in total. The van der Waals surface area contributed by atoms with Crippen molar-refractivity contribution in [1.82, 2.24) is 0 Å². The van der Waals surface area contributed by atoms with E-state index in [9.17, 15) is 14.7 Å². The maximum Gasteiger partial charge on any atom is 0.337 e. The molecule has 0 atom stereocenters. The van der Waals surface area contributed by atoms with Gasteiger partial charge in [0.2, 0.25) is 5.91 Å². The zero-order valence-corrected chi connectivity index (χ0v) is 16.2. The summed E-state index contributed by atoms with van der Waals surface area (Å²) >= 11 is 5.93. The van der Waals surface area contributed by atoms with Crippen LogP contribution in [0.25, 0.3) is 11.1 Å². The topological polar surface area (TPSA) is 66.4 Å². The second-order valence-electron chi connectivity index (χ2n) is 6.47. The van der Waals surface area contributed by atoms with Crippen LogP contribution in [0.1, 0.15) is 28.4 Å². The van der Waals surface area contributed by atoms with Crippen LogP contribution in [0.5, 0.6) is 0 Å². The Morgan fingerprint density at radius 1 is 0.929 bits per heavy atom. The van der Waals surface area contributed by atoms with Gasteiger partial charge in [0.15, 0.2) is 0 Å². The Morgan fingerprint density at radius 3 is 2.36 bits per heavy atom. The van der Waals surface area contributed by atoms with Crippen molar-refractivity contribution in [2.45, 2.75) is 19.8 Å². The number of carboxylic acid groups (broad SMARTS) is 1. The van der Waals surface area contributed by atoms with Gasteiger partial charge in [-0.05, 0) is 46.9 Å². The lowest BCUT2D eigenvalue weighted by atomic mass is 10.00. The van der Waals surface area contributed by atoms with E-state index in [0.717, 1.165) is 23.1 Å². The van der Waals surface area contributed by atoms with Crippen molar-refractivity contribution in [3.63, 3.8) is 0 Å². The van der Waals surface area contributed by atoms with Crippen LogP contribution in [0.3, 0.4) is 0 Å². The molecule has 0 aromatic heterocycles. The second kappa shape index (κ2) is 8.72. The van der Waals surface area contributed by atoms with E-state index in [-0.39, 0.29) is 23.6 Å². The van der Waals surface area contributed by atoms with E-state index < -0.39 is 5.97 Å². The summed E-state index contributed by atoms with van der Waals surface area (Å²) in [5, 5.41) is 12.3. The molecular formula is C23H20ClNO3. The summed E-state index contributed by atoms with van der Waals surface area (Å²) in [4.78, 5) is 23.8. The Hall–Kier alpha value is -3.11. The average Bonchev–Trinajstić information content (AvgIpc) is 2.68. The van der Waals surface area contributed by atoms with Crippen molar-refractivity contribution >= 4 is 29.2 Å². The van der Waals surface area contributed by atoms with Gasteiger partial charge in [-0.25, -0.2) is 4.79 Å². The van der Waals surface area contributed by atoms with Gasteiger partial charge in [-0.3, -0.25) is 4.79 Å². The molecule has 142 valence electrons. The van der Waals surface area contributed by atoms with Crippen LogP contribution in [-0.4, -0.2) is 17.0 Å². The molecular weight excluding hydrogens is 374 g/mol. The van der Waals surface area contributed by atoms with Crippen molar-refractivity contribution in [3.8, 4) is 11.1 Å². The third-order valence-electron chi connectivity index (χ3n) is 4.47. The van der Waals surface area contributed by atoms with E-state index in [4.69, 9.17) is 11.6 Å². The fraction of sp³-hybridized carbons (Fsp3) is 0.130. The molecule has 0 aliphatic carbocycles. The minimum atomic E-state index is -1.12. The summed E-state index contributed by atoms with van der Waals surface area (Å²) in [5.74, 6) is -1.42. The van der Waals surface area contributed by atoms with Gasteiger partial charge in [-0.15, -0.1) is 0 Å². The lowest BCUT2D eigenvalue weighted by Crippen LogP contribution is -2.16. The summed E-state index contributed by atoms with van der Waals surface area (Å²) in [7, 11) is 0. The smallest absolute Gasteiger partial charge is 0.337 e. The summed E-state index contributed by atoms with van der Waals surface area (Å²) in [6.45, 7) is 2.12. The Bertz CT molecular complexity index is 1010. The molecule has 0 saturated carbocycles. The highest BCUT2D eigenvalue weighted by Crippen LogP contribution is 2.23. The highest BCUT2D eigenvalue weighted by Gasteiger charge is 2.13. The first-order valence-corrected chi connectivity index (χ1v) is 9.35. The van der Waals surface area contributed by atoms with Crippen LogP contribution in [-0.2, 0) is 17.6 Å². The monoisotopic (exact) mass is 393 g/mol. The normalized spacial score (nSPS) is 10.5. The number of aromatic carboxylic acids is 1. The number of rotatable bonds is 6. The number of carbonyl (C=O) groups is 2. The Kier molecular flexibility index (Phi) is 6.12. The average molecular weight is 394 g/mol. The molecule has 0 aliphatic heterocycles. The van der Waals surface area contributed by atoms with Crippen LogP contribution in [0, 0.1) is 0 Å². The lowest BCUT2D eigenvalue weighted by Gasteiger charge is -2.10. The predicted octanol–water partition coefficient (Wildman–Crippen LogP) is 5.45. The Balaban J connectivity index is 1.76. The van der Waals surface area contributed by atoms with Crippen LogP contribution >= 0.6 is 11.6 Å². The third-order valence-corrected chi connectivity index (χ3v) is 4.71. The molecule has 3 aromatic carbocycles. The number of anilines is 1. The highest BCUT2D eigenvalue weighted by molar-refractivity contribution is 6.31. The lowest BCUT2D eigenvalue weighted by molar-refractivity contribution is -0.115. The third kappa shape index (κ3) is 4.78. The number of halogens is 1. The first-order valence-electron chi connectivity index (χ1n) is 8.97. The first-order chi connectivity index (χ1) is 13.5. The molecule has 0 radical (unpaired) electrons. The largest absolute Gasteiger partial charge is 0.478 e. The molecule has 0 unspecified atom stereocenters. The second-order valence-corrected chi connectivity index (χ2v) is 6.91. The Morgan fingerprint density at radius 2 is 1.68 bits per heavy atom. The predicted molar refractivity (Wildman–Crippen MR) is 112 cm³/mol. The van der Waals surface area contributed by atoms with Gasteiger partial charge in [-0.1, -0.05) is 67.1 Å². The number of carbonyl (C=O) groups excluding carboxylic acids is 1. The quantitative estimate of drug-likeness (QED) is 0.585. The van der Waals surface area contributed by atoms with E-state index in [2.05, 4.69) is 36.5 Å². The van der Waals surface area contributed by atoms with Gasteiger partial charge in [0.05, 0.1) is 17.7 Å². The molecule has 3 aromatic rings. The van der Waals surface area contributed by atoms with Crippen molar-refractivity contribution in [2.75, 3.05) is 5.32 Å². The van der Waals surface area contributed by atoms with E-state index >= 15 is 0 Å². The molecule has 3 rings (SSSR count). The van der Waals surface area contributed by atoms with Gasteiger partial charge in [0.25, 0.3) is 0 Å². The molecule has 0 spiro atoms. The van der Waals surface area contributed by atoms with Crippen LogP contribution in [0.4, 0.5) is 5.69 Å². The SMILES string of the molecule is CCc1ccc(-c2cccc(CC(=O)Nc3cc(Cl)ccc3C(=O)O)c2)cc1. The van der Waals surface area contributed by atoms with Crippen molar-refractivity contribution in [2.24, 2.45) is 0 Å². The number of hydrogen-bond donors (Lipinski definition) is 2. The number of nitrogens with one attached hydrogen (secondary N) is 1.